The second-order valence-corrected chi connectivity index (χ2v) is 5.79. The van der Waals surface area contributed by atoms with Crippen molar-refractivity contribution in [3.63, 3.8) is 0 Å². The minimum Gasteiger partial charge on any atom is -0.400 e. The Kier molecular flexibility index (Phi) is 11.4. The van der Waals surface area contributed by atoms with Gasteiger partial charge in [0.25, 0.3) is 0 Å². The molecule has 0 rings (SSSR count). The summed E-state index contributed by atoms with van der Waals surface area (Å²) in [5.41, 5.74) is 18.6. The van der Waals surface area contributed by atoms with Gasteiger partial charge < -0.3 is 11.5 Å². The van der Waals surface area contributed by atoms with Crippen molar-refractivity contribution in [1.29, 1.82) is 0 Å². The molecule has 0 aromatic heterocycles. The third-order valence-corrected chi connectivity index (χ3v) is 4.06. The third kappa shape index (κ3) is 6.57. The van der Waals surface area contributed by atoms with E-state index >= 15 is 0 Å². The molecule has 130 valence electrons. The number of nitrogens with zero attached hydrogens (tertiary/aromatic N) is 1. The van der Waals surface area contributed by atoms with Gasteiger partial charge in [0.15, 0.2) is 0 Å². The summed E-state index contributed by atoms with van der Waals surface area (Å²) in [7, 11) is 1.86. The second kappa shape index (κ2) is 11.8. The first kappa shape index (κ1) is 21.2. The van der Waals surface area contributed by atoms with Gasteiger partial charge in [-0.3, -0.25) is 9.30 Å². The highest BCUT2D eigenvalue weighted by Crippen LogP contribution is 2.23. The topological polar surface area (TPSA) is 76.5 Å². The molecular formula is C16H33ClN4O. The maximum absolute atomic E-state index is 6.37. The number of hydrazine groups is 1. The van der Waals surface area contributed by atoms with E-state index in [1.54, 1.807) is 0 Å². The van der Waals surface area contributed by atoms with Gasteiger partial charge in [0.1, 0.15) is 0 Å². The summed E-state index contributed by atoms with van der Waals surface area (Å²) >= 11 is 5.23. The summed E-state index contributed by atoms with van der Waals surface area (Å²) in [6.07, 6.45) is 4.43. The number of halogens is 1. The van der Waals surface area contributed by atoms with Gasteiger partial charge in [-0.25, -0.2) is 5.43 Å². The van der Waals surface area contributed by atoms with Gasteiger partial charge in [-0.15, -0.1) is 0 Å². The third-order valence-electron chi connectivity index (χ3n) is 3.91. The molecule has 2 unspecified atom stereocenters. The molecule has 0 saturated heterocycles. The van der Waals surface area contributed by atoms with E-state index in [4.69, 9.17) is 23.3 Å². The van der Waals surface area contributed by atoms with E-state index in [0.29, 0.717) is 12.5 Å². The van der Waals surface area contributed by atoms with Crippen LogP contribution in [0.15, 0.2) is 23.7 Å². The van der Waals surface area contributed by atoms with Crippen molar-refractivity contribution < 1.29 is 4.29 Å². The maximum Gasteiger partial charge on any atom is 0.0683 e. The summed E-state index contributed by atoms with van der Waals surface area (Å²) in [5, 5.41) is 1.94. The van der Waals surface area contributed by atoms with Gasteiger partial charge in [0.2, 0.25) is 0 Å². The summed E-state index contributed by atoms with van der Waals surface area (Å²) < 4.78 is 4.56. The lowest BCUT2D eigenvalue weighted by atomic mass is 10.0. The molecule has 6 heteroatoms. The molecule has 0 saturated carbocycles. The van der Waals surface area contributed by atoms with Gasteiger partial charge in [-0.2, -0.15) is 0 Å². The number of hydrogen-bond acceptors (Lipinski definition) is 5. The average Bonchev–Trinajstić information content (AvgIpc) is 2.53. The Morgan fingerprint density at radius 3 is 2.50 bits per heavy atom. The second-order valence-electron chi connectivity index (χ2n) is 5.57. The van der Waals surface area contributed by atoms with Crippen LogP contribution in [0.1, 0.15) is 52.9 Å². The molecule has 0 bridgehead atoms. The van der Waals surface area contributed by atoms with Crippen LogP contribution in [0.25, 0.3) is 0 Å². The van der Waals surface area contributed by atoms with E-state index in [1.165, 1.54) is 0 Å². The van der Waals surface area contributed by atoms with Gasteiger partial charge >= 0.3 is 0 Å². The monoisotopic (exact) mass is 332 g/mol. The van der Waals surface area contributed by atoms with Crippen LogP contribution in [0.3, 0.4) is 0 Å². The number of nitrogens with two attached hydrogens (primary N) is 2. The Hall–Kier alpha value is -0.750. The molecule has 5 N–H and O–H groups in total. The smallest absolute Gasteiger partial charge is 0.0683 e. The molecule has 22 heavy (non-hydrogen) atoms. The zero-order chi connectivity index (χ0) is 17.1. The van der Waals surface area contributed by atoms with Crippen LogP contribution >= 0.6 is 11.9 Å². The summed E-state index contributed by atoms with van der Waals surface area (Å²) in [5.74, 6) is 0.325. The van der Waals surface area contributed by atoms with Gasteiger partial charge in [0.05, 0.1) is 24.2 Å². The Morgan fingerprint density at radius 1 is 1.41 bits per heavy atom. The van der Waals surface area contributed by atoms with E-state index in [-0.39, 0.29) is 6.04 Å². The van der Waals surface area contributed by atoms with E-state index in [1.807, 2.05) is 12.1 Å². The molecular weight excluding hydrogens is 300 g/mol. The molecule has 0 heterocycles. The lowest BCUT2D eigenvalue weighted by molar-refractivity contribution is 0.286. The van der Waals surface area contributed by atoms with E-state index in [0.717, 1.165) is 49.2 Å². The molecule has 0 spiro atoms. The predicted octanol–water partition coefficient (Wildman–Crippen LogP) is 3.23. The zero-order valence-electron chi connectivity index (χ0n) is 14.5. The van der Waals surface area contributed by atoms with E-state index < -0.39 is 0 Å². The van der Waals surface area contributed by atoms with E-state index in [9.17, 15) is 0 Å². The molecule has 0 aromatic rings. The molecule has 0 fully saturated rings. The van der Waals surface area contributed by atoms with Crippen LogP contribution in [-0.2, 0) is 4.29 Å². The van der Waals surface area contributed by atoms with Crippen LogP contribution in [0, 0.1) is 5.92 Å². The first-order chi connectivity index (χ1) is 10.4. The molecule has 5 nitrogen and oxygen atoms in total. The summed E-state index contributed by atoms with van der Waals surface area (Å²) in [4.78, 5) is 0. The number of hydrogen-bond donors (Lipinski definition) is 3. The van der Waals surface area contributed by atoms with Crippen LogP contribution in [-0.4, -0.2) is 24.7 Å². The largest absolute Gasteiger partial charge is 0.400 e. The number of allylic oxidation sites excluding steroid dienone is 2. The summed E-state index contributed by atoms with van der Waals surface area (Å²) in [6.45, 7) is 11.0. The zero-order valence-corrected chi connectivity index (χ0v) is 15.2. The van der Waals surface area contributed by atoms with Crippen LogP contribution in [0.2, 0.25) is 0 Å². The highest BCUT2D eigenvalue weighted by atomic mass is 35.5. The normalized spacial score (nSPS) is 15.2. The van der Waals surface area contributed by atoms with E-state index in [2.05, 4.69) is 37.1 Å². The maximum atomic E-state index is 6.37. The molecule has 0 amide bonds. The molecule has 0 aliphatic carbocycles. The van der Waals surface area contributed by atoms with Crippen molar-refractivity contribution in [2.45, 2.75) is 58.9 Å². The van der Waals surface area contributed by atoms with Gasteiger partial charge in [-0.05, 0) is 31.6 Å². The highest BCUT2D eigenvalue weighted by Gasteiger charge is 2.20. The Bertz CT molecular complexity index is 360. The first-order valence-electron chi connectivity index (χ1n) is 8.08. The SMILES string of the molecule is C=C(C(N)CCCOCl)N(NC)/C(CCC)=C(\N)C(C)CC. The molecule has 0 radical (unpaired) electrons. The quantitative estimate of drug-likeness (QED) is 0.378. The van der Waals surface area contributed by atoms with Crippen LogP contribution < -0.4 is 16.9 Å². The molecule has 0 aliphatic rings. The van der Waals surface area contributed by atoms with Crippen LogP contribution in [0.4, 0.5) is 0 Å². The lowest BCUT2D eigenvalue weighted by Gasteiger charge is -2.33. The van der Waals surface area contributed by atoms with Crippen molar-refractivity contribution in [2.24, 2.45) is 17.4 Å². The fraction of sp³-hybridized carbons (Fsp3) is 0.750. The lowest BCUT2D eigenvalue weighted by Crippen LogP contribution is -2.42. The average molecular weight is 333 g/mol. The van der Waals surface area contributed by atoms with Crippen molar-refractivity contribution >= 4 is 11.9 Å². The Labute approximate surface area is 140 Å². The van der Waals surface area contributed by atoms with Crippen molar-refractivity contribution in [2.75, 3.05) is 13.7 Å². The molecule has 0 aliphatic heterocycles. The Morgan fingerprint density at radius 2 is 2.05 bits per heavy atom. The first-order valence-corrected chi connectivity index (χ1v) is 8.39. The fourth-order valence-corrected chi connectivity index (χ4v) is 2.38. The number of nitrogens with one attached hydrogen (secondary N) is 1. The highest BCUT2D eigenvalue weighted by molar-refractivity contribution is 6.07. The number of rotatable bonds is 12. The predicted molar refractivity (Wildman–Crippen MR) is 94.6 cm³/mol. The minimum atomic E-state index is -0.171. The molecule has 0 aromatic carbocycles. The molecule has 2 atom stereocenters. The fourth-order valence-electron chi connectivity index (χ4n) is 2.27. The van der Waals surface area contributed by atoms with Crippen LogP contribution in [0.5, 0.6) is 0 Å². The minimum absolute atomic E-state index is 0.171. The summed E-state index contributed by atoms with van der Waals surface area (Å²) in [6, 6.07) is -0.171. The van der Waals surface area contributed by atoms with Gasteiger partial charge in [-0.1, -0.05) is 33.8 Å². The van der Waals surface area contributed by atoms with Crippen molar-refractivity contribution in [3.05, 3.63) is 23.7 Å². The van der Waals surface area contributed by atoms with Crippen molar-refractivity contribution in [3.8, 4) is 0 Å². The standard InChI is InChI=1S/C16H33ClN4O/c1-6-9-15(16(19)12(3)7-2)21(20-5)13(4)14(18)10-8-11-22-17/h12,14,20H,4,6-11,18-19H2,1-3,5H3/b16-15-. The van der Waals surface area contributed by atoms with Gasteiger partial charge in [0, 0.05) is 24.5 Å². The van der Waals surface area contributed by atoms with Crippen molar-refractivity contribution in [1.82, 2.24) is 10.4 Å². The Balaban J connectivity index is 5.18.